The molecule has 0 amide bonds. The van der Waals surface area contributed by atoms with Crippen LogP contribution >= 0.6 is 12.2 Å². The molecule has 0 bridgehead atoms. The minimum Gasteiger partial charge on any atom is -0.389 e. The van der Waals surface area contributed by atoms with Crippen LogP contribution in [0, 0.1) is 0 Å². The fraction of sp³-hybridized carbons (Fsp3) is 0.0714. The number of pyridine rings is 1. The molecule has 0 unspecified atom stereocenters. The van der Waals surface area contributed by atoms with E-state index in [1.54, 1.807) is 12.3 Å². The summed E-state index contributed by atoms with van der Waals surface area (Å²) in [5.74, 6) is 1.36. The molecule has 3 N–H and O–H groups in total. The van der Waals surface area contributed by atoms with Gasteiger partial charge in [-0.1, -0.05) is 35.6 Å². The Balaban J connectivity index is 1.98. The van der Waals surface area contributed by atoms with Gasteiger partial charge in [0.25, 0.3) is 0 Å². The van der Waals surface area contributed by atoms with E-state index in [0.717, 1.165) is 16.5 Å². The van der Waals surface area contributed by atoms with Gasteiger partial charge >= 0.3 is 0 Å². The second-order valence-corrected chi connectivity index (χ2v) is 4.71. The maximum Gasteiger partial charge on any atom is 0.155 e. The van der Waals surface area contributed by atoms with Crippen molar-refractivity contribution < 1.29 is 4.52 Å². The number of rotatable bonds is 4. The second-order valence-electron chi connectivity index (χ2n) is 4.27. The fourth-order valence-electron chi connectivity index (χ4n) is 1.94. The Morgan fingerprint density at radius 1 is 1.30 bits per heavy atom. The largest absolute Gasteiger partial charge is 0.389 e. The summed E-state index contributed by atoms with van der Waals surface area (Å²) in [5.41, 5.74) is 7.37. The van der Waals surface area contributed by atoms with E-state index in [0.29, 0.717) is 23.1 Å². The third kappa shape index (κ3) is 2.46. The molecule has 0 atom stereocenters. The van der Waals surface area contributed by atoms with Gasteiger partial charge in [0.1, 0.15) is 10.8 Å². The normalized spacial score (nSPS) is 10.6. The van der Waals surface area contributed by atoms with Crippen LogP contribution in [0.25, 0.3) is 10.9 Å². The molecule has 6 heteroatoms. The van der Waals surface area contributed by atoms with Crippen LogP contribution in [0.2, 0.25) is 0 Å². The van der Waals surface area contributed by atoms with E-state index in [2.05, 4.69) is 15.5 Å². The van der Waals surface area contributed by atoms with Gasteiger partial charge in [0.05, 0.1) is 23.8 Å². The Bertz CT molecular complexity index is 755. The minimum absolute atomic E-state index is 0.309. The summed E-state index contributed by atoms with van der Waals surface area (Å²) in [5, 5.41) is 7.83. The Kier molecular flexibility index (Phi) is 3.30. The molecule has 0 aliphatic rings. The summed E-state index contributed by atoms with van der Waals surface area (Å²) in [6, 6.07) is 11.5. The van der Waals surface area contributed by atoms with E-state index >= 15 is 0 Å². The van der Waals surface area contributed by atoms with Crippen molar-refractivity contribution in [2.45, 2.75) is 6.54 Å². The third-order valence-electron chi connectivity index (χ3n) is 2.91. The van der Waals surface area contributed by atoms with Crippen molar-refractivity contribution in [3.63, 3.8) is 0 Å². The van der Waals surface area contributed by atoms with E-state index in [1.165, 1.54) is 0 Å². The highest BCUT2D eigenvalue weighted by atomic mass is 32.1. The maximum absolute atomic E-state index is 5.77. The molecule has 0 aliphatic carbocycles. The SMILES string of the molecule is NC(=S)c1cc2ccccc2nc1NCc1ccno1. The van der Waals surface area contributed by atoms with Gasteiger partial charge in [0.2, 0.25) is 0 Å². The number of nitrogens with two attached hydrogens (primary N) is 1. The van der Waals surface area contributed by atoms with E-state index < -0.39 is 0 Å². The molecule has 20 heavy (non-hydrogen) atoms. The summed E-state index contributed by atoms with van der Waals surface area (Å²) in [7, 11) is 0. The number of nitrogens with one attached hydrogen (secondary N) is 1. The van der Waals surface area contributed by atoms with Gasteiger partial charge in [0.15, 0.2) is 5.76 Å². The molecule has 1 aromatic carbocycles. The first kappa shape index (κ1) is 12.6. The van der Waals surface area contributed by atoms with Crippen LogP contribution < -0.4 is 11.1 Å². The van der Waals surface area contributed by atoms with Gasteiger partial charge < -0.3 is 15.6 Å². The number of aromatic nitrogens is 2. The van der Waals surface area contributed by atoms with Gasteiger partial charge in [-0.05, 0) is 12.1 Å². The standard InChI is InChI=1S/C14H12N4OS/c15-13(20)11-7-9-3-1-2-4-12(9)18-14(11)16-8-10-5-6-17-19-10/h1-7H,8H2,(H2,15,20)(H,16,18). The molecule has 2 heterocycles. The zero-order valence-corrected chi connectivity index (χ0v) is 11.4. The molecule has 2 aromatic heterocycles. The van der Waals surface area contributed by atoms with Crippen molar-refractivity contribution in [1.29, 1.82) is 0 Å². The van der Waals surface area contributed by atoms with Crippen LogP contribution in [-0.2, 0) is 6.54 Å². The average Bonchev–Trinajstić information content (AvgIpc) is 2.97. The van der Waals surface area contributed by atoms with Crippen LogP contribution in [0.1, 0.15) is 11.3 Å². The molecule has 0 saturated carbocycles. The Morgan fingerprint density at radius 2 is 2.15 bits per heavy atom. The molecule has 0 radical (unpaired) electrons. The van der Waals surface area contributed by atoms with Crippen LogP contribution in [0.5, 0.6) is 0 Å². The van der Waals surface area contributed by atoms with Crippen molar-refractivity contribution in [2.75, 3.05) is 5.32 Å². The zero-order chi connectivity index (χ0) is 13.9. The highest BCUT2D eigenvalue weighted by molar-refractivity contribution is 7.80. The number of nitrogens with zero attached hydrogens (tertiary/aromatic N) is 2. The molecular weight excluding hydrogens is 272 g/mol. The molecule has 0 saturated heterocycles. The summed E-state index contributed by atoms with van der Waals surface area (Å²) < 4.78 is 5.04. The van der Waals surface area contributed by atoms with Crippen molar-refractivity contribution in [3.05, 3.63) is 53.9 Å². The number of hydrogen-bond acceptors (Lipinski definition) is 5. The summed E-state index contributed by atoms with van der Waals surface area (Å²) in [6.07, 6.45) is 1.60. The first-order valence-electron chi connectivity index (χ1n) is 6.07. The molecular formula is C14H12N4OS. The first-order chi connectivity index (χ1) is 9.74. The Labute approximate surface area is 120 Å². The Morgan fingerprint density at radius 3 is 2.90 bits per heavy atom. The highest BCUT2D eigenvalue weighted by Crippen LogP contribution is 2.21. The summed E-state index contributed by atoms with van der Waals surface area (Å²) in [4.78, 5) is 4.86. The quantitative estimate of drug-likeness (QED) is 0.717. The zero-order valence-electron chi connectivity index (χ0n) is 10.5. The lowest BCUT2D eigenvalue weighted by atomic mass is 10.1. The lowest BCUT2D eigenvalue weighted by Crippen LogP contribution is -2.14. The number of fused-ring (bicyclic) bond motifs is 1. The van der Waals surface area contributed by atoms with E-state index in [4.69, 9.17) is 22.5 Å². The van der Waals surface area contributed by atoms with Gasteiger partial charge in [-0.2, -0.15) is 0 Å². The topological polar surface area (TPSA) is 77.0 Å². The summed E-state index contributed by atoms with van der Waals surface area (Å²) in [6.45, 7) is 0.473. The number of thiocarbonyl (C=S) groups is 1. The highest BCUT2D eigenvalue weighted by Gasteiger charge is 2.09. The van der Waals surface area contributed by atoms with Crippen molar-refractivity contribution in [3.8, 4) is 0 Å². The van der Waals surface area contributed by atoms with E-state index in [1.807, 2.05) is 30.3 Å². The predicted molar refractivity (Wildman–Crippen MR) is 81.5 cm³/mol. The van der Waals surface area contributed by atoms with E-state index in [-0.39, 0.29) is 0 Å². The second kappa shape index (κ2) is 5.26. The summed E-state index contributed by atoms with van der Waals surface area (Å²) >= 11 is 5.09. The van der Waals surface area contributed by atoms with Crippen molar-refractivity contribution >= 4 is 33.9 Å². The lowest BCUT2D eigenvalue weighted by Gasteiger charge is -2.10. The molecule has 5 nitrogen and oxygen atoms in total. The smallest absolute Gasteiger partial charge is 0.155 e. The number of benzene rings is 1. The number of anilines is 1. The van der Waals surface area contributed by atoms with Crippen LogP contribution in [0.4, 0.5) is 5.82 Å². The molecule has 0 spiro atoms. The van der Waals surface area contributed by atoms with Gasteiger partial charge in [-0.15, -0.1) is 0 Å². The molecule has 0 aliphatic heterocycles. The van der Waals surface area contributed by atoms with Gasteiger partial charge in [0, 0.05) is 11.5 Å². The lowest BCUT2D eigenvalue weighted by molar-refractivity contribution is 0.388. The van der Waals surface area contributed by atoms with Crippen molar-refractivity contribution in [1.82, 2.24) is 10.1 Å². The van der Waals surface area contributed by atoms with Crippen molar-refractivity contribution in [2.24, 2.45) is 5.73 Å². The first-order valence-corrected chi connectivity index (χ1v) is 6.48. The van der Waals surface area contributed by atoms with E-state index in [9.17, 15) is 0 Å². The minimum atomic E-state index is 0.309. The molecule has 3 aromatic rings. The van der Waals surface area contributed by atoms with Crippen LogP contribution in [0.3, 0.4) is 0 Å². The molecule has 3 rings (SSSR count). The van der Waals surface area contributed by atoms with Gasteiger partial charge in [-0.3, -0.25) is 0 Å². The fourth-order valence-corrected chi connectivity index (χ4v) is 2.10. The number of para-hydroxylation sites is 1. The Hall–Kier alpha value is -2.47. The van der Waals surface area contributed by atoms with Crippen LogP contribution in [-0.4, -0.2) is 15.1 Å². The maximum atomic E-state index is 5.77. The molecule has 100 valence electrons. The van der Waals surface area contributed by atoms with Crippen LogP contribution in [0.15, 0.2) is 47.1 Å². The average molecular weight is 284 g/mol. The monoisotopic (exact) mass is 284 g/mol. The molecule has 0 fully saturated rings. The predicted octanol–water partition coefficient (Wildman–Crippen LogP) is 2.47. The third-order valence-corrected chi connectivity index (χ3v) is 3.13. The van der Waals surface area contributed by atoms with Gasteiger partial charge in [-0.25, -0.2) is 4.98 Å². The number of hydrogen-bond donors (Lipinski definition) is 2.